The van der Waals surface area contributed by atoms with Crippen molar-refractivity contribution in [2.45, 2.75) is 58.3 Å². The van der Waals surface area contributed by atoms with Gasteiger partial charge in [0.25, 0.3) is 0 Å². The maximum Gasteiger partial charge on any atom is 0.227 e. The van der Waals surface area contributed by atoms with E-state index in [0.717, 1.165) is 36.9 Å². The van der Waals surface area contributed by atoms with E-state index in [1.807, 2.05) is 38.1 Å². The third-order valence-electron chi connectivity index (χ3n) is 3.86. The van der Waals surface area contributed by atoms with Gasteiger partial charge in [-0.05, 0) is 50.8 Å². The molecular formula is C17H27ClN2O2. The van der Waals surface area contributed by atoms with E-state index in [-0.39, 0.29) is 36.4 Å². The van der Waals surface area contributed by atoms with Gasteiger partial charge in [-0.25, -0.2) is 0 Å². The van der Waals surface area contributed by atoms with Gasteiger partial charge in [0.1, 0.15) is 0 Å². The van der Waals surface area contributed by atoms with Gasteiger partial charge in [0, 0.05) is 17.6 Å². The lowest BCUT2D eigenvalue weighted by molar-refractivity contribution is -0.120. The van der Waals surface area contributed by atoms with Crippen molar-refractivity contribution in [3.05, 3.63) is 29.8 Å². The predicted octanol–water partition coefficient (Wildman–Crippen LogP) is 3.49. The van der Waals surface area contributed by atoms with Gasteiger partial charge in [-0.1, -0.05) is 18.6 Å². The lowest BCUT2D eigenvalue weighted by Crippen LogP contribution is -2.34. The maximum absolute atomic E-state index is 12.3. The zero-order valence-electron chi connectivity index (χ0n) is 13.4. The second-order valence-corrected chi connectivity index (χ2v) is 6.17. The minimum atomic E-state index is 0. The van der Waals surface area contributed by atoms with E-state index >= 15 is 0 Å². The van der Waals surface area contributed by atoms with Crippen LogP contribution in [0.4, 0.5) is 5.69 Å². The molecule has 0 spiro atoms. The number of nitrogens with two attached hydrogens (primary N) is 1. The molecule has 1 aromatic carbocycles. The van der Waals surface area contributed by atoms with Crippen LogP contribution in [0.3, 0.4) is 0 Å². The Labute approximate surface area is 139 Å². The summed E-state index contributed by atoms with van der Waals surface area (Å²) < 4.78 is 5.59. The molecule has 0 bridgehead atoms. The van der Waals surface area contributed by atoms with Crippen LogP contribution in [-0.4, -0.2) is 18.1 Å². The van der Waals surface area contributed by atoms with E-state index in [4.69, 9.17) is 10.5 Å². The molecular weight excluding hydrogens is 300 g/mol. The minimum absolute atomic E-state index is 0. The molecule has 0 saturated heterocycles. The van der Waals surface area contributed by atoms with Gasteiger partial charge in [-0.15, -0.1) is 12.4 Å². The second-order valence-electron chi connectivity index (χ2n) is 6.17. The highest BCUT2D eigenvalue weighted by atomic mass is 35.5. The van der Waals surface area contributed by atoms with Gasteiger partial charge in [0.2, 0.25) is 5.91 Å². The van der Waals surface area contributed by atoms with Crippen molar-refractivity contribution in [2.75, 3.05) is 5.32 Å². The Morgan fingerprint density at radius 2 is 2.18 bits per heavy atom. The zero-order chi connectivity index (χ0) is 15.2. The Balaban J connectivity index is 0.00000242. The number of carbonyl (C=O) groups excluding carboxylic acids is 1. The SMILES string of the molecule is CC(C)OCc1cccc(NC(=O)C2CCCC(N)C2)c1.Cl. The van der Waals surface area contributed by atoms with Crippen LogP contribution in [-0.2, 0) is 16.1 Å². The van der Waals surface area contributed by atoms with Crippen LogP contribution in [0.5, 0.6) is 0 Å². The molecule has 0 aromatic heterocycles. The topological polar surface area (TPSA) is 64.3 Å². The Hall–Kier alpha value is -1.10. The molecule has 124 valence electrons. The molecule has 0 aliphatic heterocycles. The van der Waals surface area contributed by atoms with Gasteiger partial charge in [0.15, 0.2) is 0 Å². The second kappa shape index (κ2) is 9.13. The van der Waals surface area contributed by atoms with E-state index in [0.29, 0.717) is 6.61 Å². The summed E-state index contributed by atoms with van der Waals surface area (Å²) in [5.41, 5.74) is 7.86. The van der Waals surface area contributed by atoms with Crippen LogP contribution in [0.15, 0.2) is 24.3 Å². The zero-order valence-corrected chi connectivity index (χ0v) is 14.2. The van der Waals surface area contributed by atoms with Crippen LogP contribution in [0.1, 0.15) is 45.1 Å². The summed E-state index contributed by atoms with van der Waals surface area (Å²) in [6.45, 7) is 4.59. The lowest BCUT2D eigenvalue weighted by Gasteiger charge is -2.25. The molecule has 2 rings (SSSR count). The molecule has 1 aliphatic carbocycles. The number of carbonyl (C=O) groups is 1. The fourth-order valence-corrected chi connectivity index (χ4v) is 2.71. The number of rotatable bonds is 5. The highest BCUT2D eigenvalue weighted by Gasteiger charge is 2.25. The van der Waals surface area contributed by atoms with Crippen molar-refractivity contribution < 1.29 is 9.53 Å². The first kappa shape index (κ1) is 18.9. The molecule has 3 N–H and O–H groups in total. The number of benzene rings is 1. The first-order chi connectivity index (χ1) is 10.0. The summed E-state index contributed by atoms with van der Waals surface area (Å²) in [5.74, 6) is 0.136. The van der Waals surface area contributed by atoms with Crippen LogP contribution in [0, 0.1) is 5.92 Å². The maximum atomic E-state index is 12.3. The smallest absolute Gasteiger partial charge is 0.227 e. The quantitative estimate of drug-likeness (QED) is 0.870. The molecule has 5 heteroatoms. The molecule has 1 fully saturated rings. The standard InChI is InChI=1S/C17H26N2O2.ClH/c1-12(2)21-11-13-5-3-8-16(9-13)19-17(20)14-6-4-7-15(18)10-14;/h3,5,8-9,12,14-15H,4,6-7,10-11,18H2,1-2H3,(H,19,20);1H. The molecule has 0 heterocycles. The molecule has 1 aliphatic rings. The number of hydrogen-bond donors (Lipinski definition) is 2. The average molecular weight is 327 g/mol. The predicted molar refractivity (Wildman–Crippen MR) is 92.2 cm³/mol. The fourth-order valence-electron chi connectivity index (χ4n) is 2.71. The molecule has 1 saturated carbocycles. The van der Waals surface area contributed by atoms with Crippen LogP contribution < -0.4 is 11.1 Å². The molecule has 1 aromatic rings. The molecule has 2 atom stereocenters. The van der Waals surface area contributed by atoms with Crippen molar-refractivity contribution in [1.29, 1.82) is 0 Å². The van der Waals surface area contributed by atoms with Crippen molar-refractivity contribution in [2.24, 2.45) is 11.7 Å². The van der Waals surface area contributed by atoms with Gasteiger partial charge < -0.3 is 15.8 Å². The minimum Gasteiger partial charge on any atom is -0.374 e. The van der Waals surface area contributed by atoms with Gasteiger partial charge in [0.05, 0.1) is 12.7 Å². The molecule has 1 amide bonds. The van der Waals surface area contributed by atoms with Crippen LogP contribution in [0.2, 0.25) is 0 Å². The van der Waals surface area contributed by atoms with E-state index in [2.05, 4.69) is 5.32 Å². The van der Waals surface area contributed by atoms with Crippen molar-refractivity contribution in [3.63, 3.8) is 0 Å². The molecule has 4 nitrogen and oxygen atoms in total. The first-order valence-electron chi connectivity index (χ1n) is 7.81. The van der Waals surface area contributed by atoms with Gasteiger partial charge in [-0.3, -0.25) is 4.79 Å². The highest BCUT2D eigenvalue weighted by molar-refractivity contribution is 5.92. The number of hydrogen-bond acceptors (Lipinski definition) is 3. The number of halogens is 1. The Morgan fingerprint density at radius 1 is 1.41 bits per heavy atom. The number of nitrogens with one attached hydrogen (secondary N) is 1. The van der Waals surface area contributed by atoms with Gasteiger partial charge in [-0.2, -0.15) is 0 Å². The van der Waals surface area contributed by atoms with Crippen molar-refractivity contribution >= 4 is 24.0 Å². The van der Waals surface area contributed by atoms with Crippen molar-refractivity contribution in [3.8, 4) is 0 Å². The third kappa shape index (κ3) is 5.95. The normalized spacial score (nSPS) is 21.3. The Morgan fingerprint density at radius 3 is 2.86 bits per heavy atom. The summed E-state index contributed by atoms with van der Waals surface area (Å²) in [6.07, 6.45) is 4.01. The lowest BCUT2D eigenvalue weighted by atomic mass is 9.85. The fraction of sp³-hybridized carbons (Fsp3) is 0.588. The summed E-state index contributed by atoms with van der Waals surface area (Å²) in [7, 11) is 0. The first-order valence-corrected chi connectivity index (χ1v) is 7.81. The average Bonchev–Trinajstić information content (AvgIpc) is 2.45. The van der Waals surface area contributed by atoms with Crippen LogP contribution >= 0.6 is 12.4 Å². The molecule has 2 unspecified atom stereocenters. The Bertz CT molecular complexity index is 479. The van der Waals surface area contributed by atoms with E-state index in [1.165, 1.54) is 0 Å². The largest absolute Gasteiger partial charge is 0.374 e. The summed E-state index contributed by atoms with van der Waals surface area (Å²) in [5, 5.41) is 3.01. The molecule has 0 radical (unpaired) electrons. The monoisotopic (exact) mass is 326 g/mol. The van der Waals surface area contributed by atoms with E-state index in [1.54, 1.807) is 0 Å². The molecule has 22 heavy (non-hydrogen) atoms. The van der Waals surface area contributed by atoms with E-state index in [9.17, 15) is 4.79 Å². The van der Waals surface area contributed by atoms with Crippen molar-refractivity contribution in [1.82, 2.24) is 0 Å². The number of anilines is 1. The summed E-state index contributed by atoms with van der Waals surface area (Å²) in [4.78, 5) is 12.3. The van der Waals surface area contributed by atoms with Gasteiger partial charge >= 0.3 is 0 Å². The van der Waals surface area contributed by atoms with Crippen LogP contribution in [0.25, 0.3) is 0 Å². The summed E-state index contributed by atoms with van der Waals surface area (Å²) >= 11 is 0. The number of ether oxygens (including phenoxy) is 1. The third-order valence-corrected chi connectivity index (χ3v) is 3.86. The summed E-state index contributed by atoms with van der Waals surface area (Å²) in [6, 6.07) is 8.01. The number of amides is 1. The Kier molecular flexibility index (Phi) is 7.87. The van der Waals surface area contributed by atoms with E-state index < -0.39 is 0 Å². The highest BCUT2D eigenvalue weighted by Crippen LogP contribution is 2.24.